The van der Waals surface area contributed by atoms with Crippen molar-refractivity contribution in [3.63, 3.8) is 0 Å². The molecule has 0 saturated carbocycles. The molecule has 1 aliphatic heterocycles. The van der Waals surface area contributed by atoms with Crippen LogP contribution in [0.25, 0.3) is 10.9 Å². The molecule has 4 heteroatoms. The summed E-state index contributed by atoms with van der Waals surface area (Å²) in [5, 5.41) is 9.17. The van der Waals surface area contributed by atoms with Crippen LogP contribution >= 0.6 is 0 Å². The van der Waals surface area contributed by atoms with Crippen molar-refractivity contribution in [2.24, 2.45) is 13.0 Å². The molecular formula is C15H21N3O. The van der Waals surface area contributed by atoms with E-state index in [0.717, 1.165) is 25.4 Å². The average Bonchev–Trinajstić information content (AvgIpc) is 2.78. The maximum absolute atomic E-state index is 5.86. The molecule has 2 aromatic rings. The number of nitrogens with zero attached hydrogens (tertiary/aromatic N) is 2. The summed E-state index contributed by atoms with van der Waals surface area (Å²) in [6, 6.07) is 8.31. The zero-order chi connectivity index (χ0) is 13.1. The van der Waals surface area contributed by atoms with E-state index in [1.165, 1.54) is 23.7 Å². The van der Waals surface area contributed by atoms with Gasteiger partial charge in [-0.05, 0) is 31.4 Å². The highest BCUT2D eigenvalue weighted by Gasteiger charge is 2.14. The van der Waals surface area contributed by atoms with Crippen LogP contribution in [-0.2, 0) is 18.4 Å². The summed E-state index contributed by atoms with van der Waals surface area (Å²) < 4.78 is 7.79. The Bertz CT molecular complexity index is 543. The molecule has 0 radical (unpaired) electrons. The smallest absolute Gasteiger partial charge is 0.0960 e. The zero-order valence-corrected chi connectivity index (χ0v) is 11.4. The maximum atomic E-state index is 5.86. The van der Waals surface area contributed by atoms with E-state index < -0.39 is 0 Å². The number of piperidine rings is 1. The number of nitrogens with one attached hydrogen (secondary N) is 1. The maximum Gasteiger partial charge on any atom is 0.0960 e. The van der Waals surface area contributed by atoms with Crippen molar-refractivity contribution in [2.45, 2.75) is 19.4 Å². The van der Waals surface area contributed by atoms with Crippen LogP contribution < -0.4 is 5.32 Å². The lowest BCUT2D eigenvalue weighted by Crippen LogP contribution is -2.32. The van der Waals surface area contributed by atoms with Crippen LogP contribution in [0.1, 0.15) is 18.5 Å². The first kappa shape index (κ1) is 12.6. The van der Waals surface area contributed by atoms with Gasteiger partial charge in [-0.1, -0.05) is 18.2 Å². The number of hydrogen-bond acceptors (Lipinski definition) is 3. The summed E-state index contributed by atoms with van der Waals surface area (Å²) in [6.07, 6.45) is 2.54. The molecule has 0 aliphatic carbocycles. The van der Waals surface area contributed by atoms with Gasteiger partial charge in [-0.2, -0.15) is 5.10 Å². The fourth-order valence-corrected chi connectivity index (χ4v) is 2.78. The van der Waals surface area contributed by atoms with Crippen molar-refractivity contribution >= 4 is 10.9 Å². The van der Waals surface area contributed by atoms with E-state index in [-0.39, 0.29) is 0 Å². The third-order valence-corrected chi connectivity index (χ3v) is 3.83. The van der Waals surface area contributed by atoms with E-state index in [1.807, 2.05) is 17.8 Å². The number of rotatable bonds is 4. The molecule has 1 aliphatic rings. The van der Waals surface area contributed by atoms with Crippen molar-refractivity contribution in [3.8, 4) is 0 Å². The molecule has 1 fully saturated rings. The molecule has 1 saturated heterocycles. The zero-order valence-electron chi connectivity index (χ0n) is 11.4. The number of para-hydroxylation sites is 1. The summed E-state index contributed by atoms with van der Waals surface area (Å²) in [5.74, 6) is 0.656. The predicted molar refractivity (Wildman–Crippen MR) is 76.0 cm³/mol. The molecule has 0 spiro atoms. The van der Waals surface area contributed by atoms with Crippen LogP contribution in [0, 0.1) is 5.92 Å². The molecule has 1 unspecified atom stereocenters. The summed E-state index contributed by atoms with van der Waals surface area (Å²) in [5.41, 5.74) is 2.21. The highest BCUT2D eigenvalue weighted by molar-refractivity contribution is 5.81. The van der Waals surface area contributed by atoms with Crippen molar-refractivity contribution in [2.75, 3.05) is 19.7 Å². The first-order valence-electron chi connectivity index (χ1n) is 7.03. The molecule has 1 N–H and O–H groups in total. The average molecular weight is 259 g/mol. The van der Waals surface area contributed by atoms with Gasteiger partial charge >= 0.3 is 0 Å². The van der Waals surface area contributed by atoms with E-state index in [1.54, 1.807) is 0 Å². The number of benzene rings is 1. The Kier molecular flexibility index (Phi) is 3.80. The summed E-state index contributed by atoms with van der Waals surface area (Å²) in [6.45, 7) is 3.68. The molecule has 19 heavy (non-hydrogen) atoms. The molecule has 1 atom stereocenters. The summed E-state index contributed by atoms with van der Waals surface area (Å²) in [7, 11) is 1.98. The third-order valence-electron chi connectivity index (χ3n) is 3.83. The number of fused-ring (bicyclic) bond motifs is 1. The van der Waals surface area contributed by atoms with E-state index in [0.29, 0.717) is 12.5 Å². The lowest BCUT2D eigenvalue weighted by atomic mass is 10.0. The molecule has 1 aromatic carbocycles. The van der Waals surface area contributed by atoms with Gasteiger partial charge in [-0.25, -0.2) is 0 Å². The standard InChI is InChI=1S/C15H21N3O/c1-18-15-7-3-2-6-13(15)14(17-18)11-19-10-12-5-4-8-16-9-12/h2-3,6-7,12,16H,4-5,8-11H2,1H3. The highest BCUT2D eigenvalue weighted by Crippen LogP contribution is 2.18. The first-order chi connectivity index (χ1) is 9.34. The lowest BCUT2D eigenvalue weighted by Gasteiger charge is -2.22. The van der Waals surface area contributed by atoms with Crippen LogP contribution in [0.3, 0.4) is 0 Å². The predicted octanol–water partition coefficient (Wildman–Crippen LogP) is 2.09. The Morgan fingerprint density at radius 2 is 2.32 bits per heavy atom. The largest absolute Gasteiger partial charge is 0.375 e. The highest BCUT2D eigenvalue weighted by atomic mass is 16.5. The number of hydrogen-bond donors (Lipinski definition) is 1. The van der Waals surface area contributed by atoms with Crippen molar-refractivity contribution in [1.82, 2.24) is 15.1 Å². The van der Waals surface area contributed by atoms with Crippen molar-refractivity contribution in [3.05, 3.63) is 30.0 Å². The van der Waals surface area contributed by atoms with E-state index >= 15 is 0 Å². The summed E-state index contributed by atoms with van der Waals surface area (Å²) in [4.78, 5) is 0. The van der Waals surface area contributed by atoms with Crippen molar-refractivity contribution < 1.29 is 4.74 Å². The van der Waals surface area contributed by atoms with Crippen LogP contribution in [-0.4, -0.2) is 29.5 Å². The normalized spacial score (nSPS) is 19.9. The SMILES string of the molecule is Cn1nc(COCC2CCCNC2)c2ccccc21. The molecule has 4 nitrogen and oxygen atoms in total. The van der Waals surface area contributed by atoms with Gasteiger partial charge in [0.1, 0.15) is 0 Å². The Labute approximate surface area is 113 Å². The van der Waals surface area contributed by atoms with Crippen LogP contribution in [0.15, 0.2) is 24.3 Å². The summed E-state index contributed by atoms with van der Waals surface area (Å²) >= 11 is 0. The van der Waals surface area contributed by atoms with Crippen LogP contribution in [0.4, 0.5) is 0 Å². The first-order valence-corrected chi connectivity index (χ1v) is 7.03. The van der Waals surface area contributed by atoms with Gasteiger partial charge in [0.2, 0.25) is 0 Å². The minimum atomic E-state index is 0.609. The fourth-order valence-electron chi connectivity index (χ4n) is 2.78. The Morgan fingerprint density at radius 3 is 3.16 bits per heavy atom. The molecule has 0 bridgehead atoms. The van der Waals surface area contributed by atoms with Crippen molar-refractivity contribution in [1.29, 1.82) is 0 Å². The fraction of sp³-hybridized carbons (Fsp3) is 0.533. The number of aryl methyl sites for hydroxylation is 1. The van der Waals surface area contributed by atoms with Gasteiger partial charge in [0.15, 0.2) is 0 Å². The topological polar surface area (TPSA) is 39.1 Å². The second kappa shape index (κ2) is 5.72. The van der Waals surface area contributed by atoms with Crippen LogP contribution in [0.2, 0.25) is 0 Å². The minimum absolute atomic E-state index is 0.609. The number of aromatic nitrogens is 2. The Morgan fingerprint density at radius 1 is 1.42 bits per heavy atom. The van der Waals surface area contributed by atoms with E-state index in [9.17, 15) is 0 Å². The molecule has 2 heterocycles. The van der Waals surface area contributed by atoms with Gasteiger partial charge in [0.25, 0.3) is 0 Å². The Balaban J connectivity index is 1.62. The third kappa shape index (κ3) is 2.80. The van der Waals surface area contributed by atoms with E-state index in [4.69, 9.17) is 4.74 Å². The second-order valence-electron chi connectivity index (χ2n) is 5.31. The van der Waals surface area contributed by atoms with Crippen LogP contribution in [0.5, 0.6) is 0 Å². The van der Waals surface area contributed by atoms with Gasteiger partial charge in [0.05, 0.1) is 24.4 Å². The van der Waals surface area contributed by atoms with Gasteiger partial charge in [-0.15, -0.1) is 0 Å². The quantitative estimate of drug-likeness (QED) is 0.914. The minimum Gasteiger partial charge on any atom is -0.375 e. The molecule has 1 aromatic heterocycles. The monoisotopic (exact) mass is 259 g/mol. The molecule has 102 valence electrons. The van der Waals surface area contributed by atoms with Gasteiger partial charge < -0.3 is 10.1 Å². The molecule has 0 amide bonds. The number of ether oxygens (including phenoxy) is 1. The van der Waals surface area contributed by atoms with E-state index in [2.05, 4.69) is 28.6 Å². The van der Waals surface area contributed by atoms with Gasteiger partial charge in [0, 0.05) is 19.0 Å². The molecule has 3 rings (SSSR count). The Hall–Kier alpha value is -1.39. The van der Waals surface area contributed by atoms with Gasteiger partial charge in [-0.3, -0.25) is 4.68 Å². The lowest BCUT2D eigenvalue weighted by molar-refractivity contribution is 0.0767. The molecular weight excluding hydrogens is 238 g/mol. The second-order valence-corrected chi connectivity index (χ2v) is 5.31.